The lowest BCUT2D eigenvalue weighted by atomic mass is 10.2. The van der Waals surface area contributed by atoms with Crippen molar-refractivity contribution in [3.63, 3.8) is 0 Å². The van der Waals surface area contributed by atoms with Gasteiger partial charge >= 0.3 is 0 Å². The topological polar surface area (TPSA) is 80.5 Å². The van der Waals surface area contributed by atoms with E-state index >= 15 is 0 Å². The molecule has 17 heavy (non-hydrogen) atoms. The van der Waals surface area contributed by atoms with Crippen molar-refractivity contribution in [1.82, 2.24) is 0 Å². The zero-order valence-corrected chi connectivity index (χ0v) is 10.1. The van der Waals surface area contributed by atoms with Crippen molar-refractivity contribution in [2.45, 2.75) is 6.42 Å². The maximum atomic E-state index is 11.5. The molecule has 0 N–H and O–H groups in total. The number of nitro benzene ring substituents is 1. The SMILES string of the molecule is O=C1CC(=O)N(c2ccc([N+](=O)[O-])c(Br)c2)C1. The van der Waals surface area contributed by atoms with Gasteiger partial charge in [-0.2, -0.15) is 0 Å². The van der Waals surface area contributed by atoms with Gasteiger partial charge in [0.05, 0.1) is 22.4 Å². The first-order valence-electron chi connectivity index (χ1n) is 4.75. The van der Waals surface area contributed by atoms with Crippen molar-refractivity contribution >= 4 is 39.0 Å². The summed E-state index contributed by atoms with van der Waals surface area (Å²) in [6.45, 7) is 0.0308. The molecular weight excluding hydrogens is 292 g/mol. The second kappa shape index (κ2) is 4.25. The predicted molar refractivity (Wildman–Crippen MR) is 62.8 cm³/mol. The van der Waals surface area contributed by atoms with Crippen LogP contribution in [0, 0.1) is 10.1 Å². The van der Waals surface area contributed by atoms with Crippen LogP contribution in [0.25, 0.3) is 0 Å². The van der Waals surface area contributed by atoms with Crippen molar-refractivity contribution in [3.8, 4) is 0 Å². The zero-order chi connectivity index (χ0) is 12.6. The minimum atomic E-state index is -0.523. The number of anilines is 1. The monoisotopic (exact) mass is 298 g/mol. The van der Waals surface area contributed by atoms with Gasteiger partial charge in [-0.3, -0.25) is 19.7 Å². The van der Waals surface area contributed by atoms with Crippen LogP contribution in [0.15, 0.2) is 22.7 Å². The number of nitrogens with zero attached hydrogens (tertiary/aromatic N) is 2. The van der Waals surface area contributed by atoms with Gasteiger partial charge in [-0.05, 0) is 28.1 Å². The Kier molecular flexibility index (Phi) is 2.93. The lowest BCUT2D eigenvalue weighted by molar-refractivity contribution is -0.385. The summed E-state index contributed by atoms with van der Waals surface area (Å²) in [6, 6.07) is 4.23. The Balaban J connectivity index is 2.35. The van der Waals surface area contributed by atoms with Gasteiger partial charge in [0.1, 0.15) is 0 Å². The van der Waals surface area contributed by atoms with Crippen LogP contribution in [0.4, 0.5) is 11.4 Å². The largest absolute Gasteiger partial charge is 0.305 e. The molecule has 6 nitrogen and oxygen atoms in total. The molecule has 1 aliphatic heterocycles. The summed E-state index contributed by atoms with van der Waals surface area (Å²) >= 11 is 3.07. The molecule has 0 bridgehead atoms. The molecule has 1 aromatic rings. The van der Waals surface area contributed by atoms with Gasteiger partial charge in [-0.1, -0.05) is 0 Å². The van der Waals surface area contributed by atoms with E-state index in [9.17, 15) is 19.7 Å². The lowest BCUT2D eigenvalue weighted by Gasteiger charge is -2.14. The van der Waals surface area contributed by atoms with Gasteiger partial charge in [0.25, 0.3) is 5.69 Å². The molecule has 0 spiro atoms. The van der Waals surface area contributed by atoms with E-state index in [0.29, 0.717) is 5.69 Å². The number of amides is 1. The second-order valence-electron chi connectivity index (χ2n) is 3.59. The van der Waals surface area contributed by atoms with Crippen molar-refractivity contribution in [2.75, 3.05) is 11.4 Å². The van der Waals surface area contributed by atoms with Crippen LogP contribution in [0.1, 0.15) is 6.42 Å². The van der Waals surface area contributed by atoms with Crippen LogP contribution in [0.2, 0.25) is 0 Å². The number of nitro groups is 1. The van der Waals surface area contributed by atoms with E-state index in [2.05, 4.69) is 15.9 Å². The molecule has 1 aliphatic rings. The Hall–Kier alpha value is -1.76. The molecular formula is C10H7BrN2O4. The van der Waals surface area contributed by atoms with Gasteiger partial charge in [0, 0.05) is 11.8 Å². The lowest BCUT2D eigenvalue weighted by Crippen LogP contribution is -2.24. The van der Waals surface area contributed by atoms with E-state index in [-0.39, 0.29) is 34.8 Å². The average molecular weight is 299 g/mol. The Bertz CT molecular complexity index is 529. The van der Waals surface area contributed by atoms with Crippen molar-refractivity contribution < 1.29 is 14.5 Å². The van der Waals surface area contributed by atoms with Gasteiger partial charge in [0.15, 0.2) is 5.78 Å². The molecule has 2 rings (SSSR count). The summed E-state index contributed by atoms with van der Waals surface area (Å²) in [5.41, 5.74) is 0.407. The Labute approximate surface area is 104 Å². The number of benzene rings is 1. The first-order valence-corrected chi connectivity index (χ1v) is 5.54. The third-order valence-corrected chi connectivity index (χ3v) is 3.06. The predicted octanol–water partition coefficient (Wildman–Crippen LogP) is 1.66. The molecule has 1 fully saturated rings. The number of halogens is 1. The number of ketones is 1. The first kappa shape index (κ1) is 11.7. The van der Waals surface area contributed by atoms with E-state index in [1.165, 1.54) is 23.1 Å². The summed E-state index contributed by atoms with van der Waals surface area (Å²) < 4.78 is 0.284. The Morgan fingerprint density at radius 3 is 2.53 bits per heavy atom. The molecule has 0 radical (unpaired) electrons. The standard InChI is InChI=1S/C10H7BrN2O4/c11-8-3-6(1-2-9(8)13(16)17)12-5-7(14)4-10(12)15/h1-3H,4-5H2. The number of Topliss-reactive ketones (excluding diaryl/α,β-unsaturated/α-hetero) is 1. The quantitative estimate of drug-likeness (QED) is 0.472. The molecule has 0 atom stereocenters. The number of carbonyl (C=O) groups excluding carboxylic acids is 2. The van der Waals surface area contributed by atoms with Crippen LogP contribution in [-0.2, 0) is 9.59 Å². The van der Waals surface area contributed by atoms with E-state index < -0.39 is 4.92 Å². The van der Waals surface area contributed by atoms with Gasteiger partial charge < -0.3 is 4.90 Å². The molecule has 1 aromatic carbocycles. The molecule has 88 valence electrons. The Morgan fingerprint density at radius 2 is 2.06 bits per heavy atom. The smallest absolute Gasteiger partial charge is 0.283 e. The van der Waals surface area contributed by atoms with E-state index in [0.717, 1.165) is 0 Å². The van der Waals surface area contributed by atoms with Gasteiger partial charge in [-0.25, -0.2) is 0 Å². The number of rotatable bonds is 2. The maximum Gasteiger partial charge on any atom is 0.283 e. The highest BCUT2D eigenvalue weighted by Crippen LogP contribution is 2.30. The van der Waals surface area contributed by atoms with Crippen LogP contribution in [-0.4, -0.2) is 23.2 Å². The van der Waals surface area contributed by atoms with Crippen LogP contribution >= 0.6 is 15.9 Å². The van der Waals surface area contributed by atoms with E-state index in [1.54, 1.807) is 0 Å². The van der Waals surface area contributed by atoms with Crippen molar-refractivity contribution in [3.05, 3.63) is 32.8 Å². The second-order valence-corrected chi connectivity index (χ2v) is 4.44. The summed E-state index contributed by atoms with van der Waals surface area (Å²) in [5.74, 6) is -0.430. The van der Waals surface area contributed by atoms with E-state index in [1.807, 2.05) is 0 Å². The fourth-order valence-electron chi connectivity index (χ4n) is 1.63. The summed E-state index contributed by atoms with van der Waals surface area (Å²) in [4.78, 5) is 34.0. The number of hydrogen-bond donors (Lipinski definition) is 0. The fraction of sp³-hybridized carbons (Fsp3) is 0.200. The van der Waals surface area contributed by atoms with Crippen LogP contribution in [0.5, 0.6) is 0 Å². The minimum absolute atomic E-state index is 0.0308. The van der Waals surface area contributed by atoms with Crippen molar-refractivity contribution in [2.24, 2.45) is 0 Å². The highest BCUT2D eigenvalue weighted by Gasteiger charge is 2.29. The van der Waals surface area contributed by atoms with Crippen molar-refractivity contribution in [1.29, 1.82) is 0 Å². The molecule has 1 heterocycles. The molecule has 0 saturated carbocycles. The molecule has 1 amide bonds. The molecule has 0 aliphatic carbocycles. The van der Waals surface area contributed by atoms with Gasteiger partial charge in [-0.15, -0.1) is 0 Å². The highest BCUT2D eigenvalue weighted by molar-refractivity contribution is 9.10. The molecule has 1 saturated heterocycles. The van der Waals surface area contributed by atoms with E-state index in [4.69, 9.17) is 0 Å². The zero-order valence-electron chi connectivity index (χ0n) is 8.55. The van der Waals surface area contributed by atoms with Crippen LogP contribution in [0.3, 0.4) is 0 Å². The number of hydrogen-bond acceptors (Lipinski definition) is 4. The Morgan fingerprint density at radius 1 is 1.35 bits per heavy atom. The first-order chi connectivity index (χ1) is 7.99. The average Bonchev–Trinajstić information content (AvgIpc) is 2.57. The maximum absolute atomic E-state index is 11.5. The molecule has 7 heteroatoms. The number of carbonyl (C=O) groups is 2. The minimum Gasteiger partial charge on any atom is -0.305 e. The van der Waals surface area contributed by atoms with Gasteiger partial charge in [0.2, 0.25) is 5.91 Å². The molecule has 0 unspecified atom stereocenters. The third-order valence-electron chi connectivity index (χ3n) is 2.42. The summed E-state index contributed by atoms with van der Waals surface area (Å²) in [5, 5.41) is 10.6. The summed E-state index contributed by atoms with van der Waals surface area (Å²) in [7, 11) is 0. The van der Waals surface area contributed by atoms with Crippen LogP contribution < -0.4 is 4.90 Å². The third kappa shape index (κ3) is 2.19. The summed E-state index contributed by atoms with van der Waals surface area (Å²) in [6.07, 6.45) is -0.103. The fourth-order valence-corrected chi connectivity index (χ4v) is 2.14. The normalized spacial score (nSPS) is 15.5. The molecule has 0 aromatic heterocycles. The highest BCUT2D eigenvalue weighted by atomic mass is 79.9.